The summed E-state index contributed by atoms with van der Waals surface area (Å²) >= 11 is 0. The minimum Gasteiger partial charge on any atom is -0.409 e. The molecule has 1 aliphatic rings. The number of oxime groups is 1. The Labute approximate surface area is 115 Å². The Hall–Kier alpha value is -2.38. The van der Waals surface area contributed by atoms with Gasteiger partial charge in [0.1, 0.15) is 11.7 Å². The molecule has 1 aliphatic carbocycles. The topological polar surface area (TPSA) is 105 Å². The van der Waals surface area contributed by atoms with Crippen molar-refractivity contribution in [2.45, 2.75) is 32.2 Å². The molecule has 0 radical (unpaired) electrons. The van der Waals surface area contributed by atoms with E-state index in [2.05, 4.69) is 25.2 Å². The van der Waals surface area contributed by atoms with Crippen molar-refractivity contribution in [3.8, 4) is 0 Å². The lowest BCUT2D eigenvalue weighted by molar-refractivity contribution is 0.317. The van der Waals surface area contributed by atoms with E-state index in [1.54, 1.807) is 6.20 Å². The van der Waals surface area contributed by atoms with E-state index in [9.17, 15) is 0 Å². The fraction of sp³-hybridized carbons (Fsp3) is 0.500. The number of amidine groups is 1. The summed E-state index contributed by atoms with van der Waals surface area (Å²) in [7, 11) is 0. The molecule has 2 heterocycles. The van der Waals surface area contributed by atoms with Crippen molar-refractivity contribution in [1.82, 2.24) is 19.6 Å². The molecule has 1 saturated carbocycles. The van der Waals surface area contributed by atoms with Gasteiger partial charge in [-0.2, -0.15) is 0 Å². The molecule has 8 heteroatoms. The Morgan fingerprint density at radius 1 is 1.55 bits per heavy atom. The highest BCUT2D eigenvalue weighted by atomic mass is 16.4. The zero-order valence-electron chi connectivity index (χ0n) is 11.3. The van der Waals surface area contributed by atoms with Crippen LogP contribution in [0.1, 0.15) is 25.1 Å². The number of anilines is 1. The molecule has 0 unspecified atom stereocenters. The summed E-state index contributed by atoms with van der Waals surface area (Å²) in [4.78, 5) is 6.61. The molecular formula is C12H17N7O. The highest BCUT2D eigenvalue weighted by Crippen LogP contribution is 2.32. The largest absolute Gasteiger partial charge is 0.409 e. The molecule has 2 aromatic rings. The van der Waals surface area contributed by atoms with Crippen LogP contribution < -0.4 is 10.6 Å². The van der Waals surface area contributed by atoms with E-state index < -0.39 is 0 Å². The third-order valence-corrected chi connectivity index (χ3v) is 3.48. The van der Waals surface area contributed by atoms with E-state index in [-0.39, 0.29) is 5.84 Å². The van der Waals surface area contributed by atoms with Gasteiger partial charge in [-0.15, -0.1) is 10.2 Å². The summed E-state index contributed by atoms with van der Waals surface area (Å²) in [6.07, 6.45) is 6.35. The molecule has 3 rings (SSSR count). The first kappa shape index (κ1) is 12.6. The number of nitrogens with zero attached hydrogens (tertiary/aromatic N) is 6. The van der Waals surface area contributed by atoms with Crippen LogP contribution in [0.15, 0.2) is 17.5 Å². The van der Waals surface area contributed by atoms with Crippen molar-refractivity contribution >= 4 is 17.3 Å². The number of fused-ring (bicyclic) bond motifs is 1. The quantitative estimate of drug-likeness (QED) is 0.357. The summed E-state index contributed by atoms with van der Waals surface area (Å²) < 4.78 is 1.92. The molecule has 0 amide bonds. The molecule has 20 heavy (non-hydrogen) atoms. The van der Waals surface area contributed by atoms with Crippen molar-refractivity contribution in [2.24, 2.45) is 10.9 Å². The summed E-state index contributed by atoms with van der Waals surface area (Å²) in [6, 6.07) is 0.456. The highest BCUT2D eigenvalue weighted by Gasteiger charge is 2.31. The number of nitrogens with two attached hydrogens (primary N) is 1. The fourth-order valence-electron chi connectivity index (χ4n) is 2.26. The minimum atomic E-state index is 0.222. The molecule has 0 bridgehead atoms. The molecule has 0 spiro atoms. The lowest BCUT2D eigenvalue weighted by atomic mass is 10.3. The van der Waals surface area contributed by atoms with Gasteiger partial charge >= 0.3 is 0 Å². The maximum Gasteiger partial charge on any atom is 0.203 e. The van der Waals surface area contributed by atoms with Crippen LogP contribution in [0.5, 0.6) is 0 Å². The molecule has 8 nitrogen and oxygen atoms in total. The molecule has 2 aromatic heterocycles. The minimum absolute atomic E-state index is 0.222. The lowest BCUT2D eigenvalue weighted by Crippen LogP contribution is -2.31. The summed E-state index contributed by atoms with van der Waals surface area (Å²) in [5.41, 5.74) is 6.30. The summed E-state index contributed by atoms with van der Waals surface area (Å²) in [5, 5.41) is 19.9. The van der Waals surface area contributed by atoms with Gasteiger partial charge in [-0.25, -0.2) is 4.98 Å². The van der Waals surface area contributed by atoms with Crippen molar-refractivity contribution in [3.05, 3.63) is 18.2 Å². The zero-order chi connectivity index (χ0) is 14.1. The van der Waals surface area contributed by atoms with Crippen molar-refractivity contribution in [3.63, 3.8) is 0 Å². The van der Waals surface area contributed by atoms with Crippen LogP contribution in [0.4, 0.5) is 5.82 Å². The third kappa shape index (κ3) is 2.24. The van der Waals surface area contributed by atoms with Gasteiger partial charge in [0.05, 0.1) is 0 Å². The Balaban J connectivity index is 1.93. The van der Waals surface area contributed by atoms with E-state index in [4.69, 9.17) is 10.9 Å². The van der Waals surface area contributed by atoms with Crippen molar-refractivity contribution < 1.29 is 5.21 Å². The second kappa shape index (κ2) is 4.95. The fourth-order valence-corrected chi connectivity index (χ4v) is 2.26. The van der Waals surface area contributed by atoms with Crippen LogP contribution in [0.2, 0.25) is 0 Å². The molecule has 0 atom stereocenters. The number of aryl methyl sites for hydroxylation is 1. The van der Waals surface area contributed by atoms with Crippen LogP contribution in [0.25, 0.3) is 5.65 Å². The van der Waals surface area contributed by atoms with E-state index in [0.717, 1.165) is 30.1 Å². The third-order valence-electron chi connectivity index (χ3n) is 3.48. The first-order chi connectivity index (χ1) is 9.70. The maximum atomic E-state index is 8.65. The Kier molecular flexibility index (Phi) is 3.13. The van der Waals surface area contributed by atoms with Gasteiger partial charge in [0, 0.05) is 31.4 Å². The van der Waals surface area contributed by atoms with Crippen LogP contribution >= 0.6 is 0 Å². The van der Waals surface area contributed by atoms with E-state index in [0.29, 0.717) is 19.0 Å². The normalized spacial score (nSPS) is 15.8. The average molecular weight is 275 g/mol. The smallest absolute Gasteiger partial charge is 0.203 e. The first-order valence-corrected chi connectivity index (χ1v) is 6.60. The molecular weight excluding hydrogens is 258 g/mol. The molecule has 106 valence electrons. The van der Waals surface area contributed by atoms with E-state index in [1.165, 1.54) is 0 Å². The van der Waals surface area contributed by atoms with Gasteiger partial charge in [-0.3, -0.25) is 4.40 Å². The molecule has 3 N–H and O–H groups in total. The Morgan fingerprint density at radius 3 is 3.05 bits per heavy atom. The van der Waals surface area contributed by atoms with Crippen LogP contribution in [0, 0.1) is 6.92 Å². The summed E-state index contributed by atoms with van der Waals surface area (Å²) in [5.74, 6) is 1.86. The number of hydrogen-bond acceptors (Lipinski definition) is 6. The standard InChI is InChI=1S/C12H17N7O/c1-8-15-16-12-11(14-5-7-18(8)12)19(9-2-3-9)6-4-10(13)17-20/h5,7,9,20H,2-4,6H2,1H3,(H2,13,17). The van der Waals surface area contributed by atoms with Crippen molar-refractivity contribution in [1.29, 1.82) is 0 Å². The van der Waals surface area contributed by atoms with Gasteiger partial charge in [0.15, 0.2) is 5.82 Å². The molecule has 0 saturated heterocycles. The second-order valence-corrected chi connectivity index (χ2v) is 4.96. The Bertz CT molecular complexity index is 646. The molecule has 0 aromatic carbocycles. The number of aromatic nitrogens is 4. The van der Waals surface area contributed by atoms with Gasteiger partial charge < -0.3 is 15.8 Å². The number of rotatable bonds is 5. The van der Waals surface area contributed by atoms with E-state index in [1.807, 2.05) is 17.5 Å². The molecule has 0 aliphatic heterocycles. The zero-order valence-corrected chi connectivity index (χ0v) is 11.3. The summed E-state index contributed by atoms with van der Waals surface area (Å²) in [6.45, 7) is 2.56. The number of hydrogen-bond donors (Lipinski definition) is 2. The van der Waals surface area contributed by atoms with Gasteiger partial charge in [-0.05, 0) is 19.8 Å². The van der Waals surface area contributed by atoms with Gasteiger partial charge in [-0.1, -0.05) is 5.16 Å². The average Bonchev–Trinajstić information content (AvgIpc) is 3.23. The van der Waals surface area contributed by atoms with Crippen LogP contribution in [-0.4, -0.2) is 43.2 Å². The van der Waals surface area contributed by atoms with E-state index >= 15 is 0 Å². The highest BCUT2D eigenvalue weighted by molar-refractivity contribution is 5.80. The van der Waals surface area contributed by atoms with Gasteiger partial charge in [0.2, 0.25) is 5.65 Å². The lowest BCUT2D eigenvalue weighted by Gasteiger charge is -2.23. The predicted molar refractivity (Wildman–Crippen MR) is 73.9 cm³/mol. The van der Waals surface area contributed by atoms with Crippen molar-refractivity contribution in [2.75, 3.05) is 11.4 Å². The molecule has 1 fully saturated rings. The van der Waals surface area contributed by atoms with Crippen LogP contribution in [0.3, 0.4) is 0 Å². The SMILES string of the molecule is Cc1nnc2c(N(CCC(N)=NO)C3CC3)nccn12. The first-order valence-electron chi connectivity index (χ1n) is 6.60. The Morgan fingerprint density at radius 2 is 2.35 bits per heavy atom. The van der Waals surface area contributed by atoms with Crippen LogP contribution in [-0.2, 0) is 0 Å². The van der Waals surface area contributed by atoms with Gasteiger partial charge in [0.25, 0.3) is 0 Å². The second-order valence-electron chi connectivity index (χ2n) is 4.96. The monoisotopic (exact) mass is 275 g/mol. The predicted octanol–water partition coefficient (Wildman–Crippen LogP) is 0.538. The maximum absolute atomic E-state index is 8.65.